The van der Waals surface area contributed by atoms with Crippen LogP contribution in [-0.2, 0) is 6.42 Å². The van der Waals surface area contributed by atoms with Crippen LogP contribution >= 0.6 is 0 Å². The number of benzene rings is 1. The van der Waals surface area contributed by atoms with Crippen LogP contribution in [0.25, 0.3) is 11.0 Å². The van der Waals surface area contributed by atoms with Crippen molar-refractivity contribution in [2.24, 2.45) is 5.73 Å². The Morgan fingerprint density at radius 2 is 2.19 bits per heavy atom. The van der Waals surface area contributed by atoms with Crippen LogP contribution in [0.4, 0.5) is 4.39 Å². The van der Waals surface area contributed by atoms with E-state index < -0.39 is 0 Å². The smallest absolute Gasteiger partial charge is 0.137 e. The molecular weight excluding hydrogens is 205 g/mol. The number of furan rings is 1. The minimum absolute atomic E-state index is 0.0592. The maximum absolute atomic E-state index is 13.0. The Kier molecular flexibility index (Phi) is 2.04. The Labute approximate surface area is 93.2 Å². The van der Waals surface area contributed by atoms with Crippen molar-refractivity contribution < 1.29 is 8.81 Å². The summed E-state index contributed by atoms with van der Waals surface area (Å²) in [5.41, 5.74) is 7.85. The van der Waals surface area contributed by atoms with Crippen LogP contribution in [0, 0.1) is 5.82 Å². The summed E-state index contributed by atoms with van der Waals surface area (Å²) in [6, 6.07) is 4.67. The van der Waals surface area contributed by atoms with Gasteiger partial charge in [-0.15, -0.1) is 0 Å². The van der Waals surface area contributed by atoms with Gasteiger partial charge in [0.05, 0.1) is 6.26 Å². The highest BCUT2D eigenvalue weighted by Crippen LogP contribution is 2.37. The third-order valence-electron chi connectivity index (χ3n) is 3.40. The Bertz CT molecular complexity index is 528. The lowest BCUT2D eigenvalue weighted by molar-refractivity contribution is 0.583. The van der Waals surface area contributed by atoms with Gasteiger partial charge >= 0.3 is 0 Å². The first-order valence-electron chi connectivity index (χ1n) is 5.61. The number of aryl methyl sites for hydroxylation is 1. The molecule has 0 bridgehead atoms. The van der Waals surface area contributed by atoms with Crippen molar-refractivity contribution in [3.8, 4) is 0 Å². The largest absolute Gasteiger partial charge is 0.464 e. The number of hydrogen-bond acceptors (Lipinski definition) is 2. The summed E-state index contributed by atoms with van der Waals surface area (Å²) in [5.74, 6) is -0.258. The lowest BCUT2D eigenvalue weighted by atomic mass is 10.0. The summed E-state index contributed by atoms with van der Waals surface area (Å²) in [6.45, 7) is 0. The van der Waals surface area contributed by atoms with Crippen LogP contribution in [0.1, 0.15) is 24.8 Å². The van der Waals surface area contributed by atoms with Crippen LogP contribution in [0.15, 0.2) is 28.9 Å². The Morgan fingerprint density at radius 1 is 1.38 bits per heavy atom. The summed E-state index contributed by atoms with van der Waals surface area (Å²) in [5, 5.41) is 1.01. The molecule has 2 N–H and O–H groups in total. The van der Waals surface area contributed by atoms with Gasteiger partial charge in [-0.25, -0.2) is 4.39 Å². The number of nitrogens with two attached hydrogens (primary N) is 1. The van der Waals surface area contributed by atoms with E-state index in [9.17, 15) is 4.39 Å². The predicted octanol–water partition coefficient (Wildman–Crippen LogP) is 3.00. The SMILES string of the molecule is NC1(CCc2coc3cc(F)ccc23)CC1. The second kappa shape index (κ2) is 3.32. The van der Waals surface area contributed by atoms with Crippen molar-refractivity contribution in [3.63, 3.8) is 0 Å². The molecule has 1 heterocycles. The standard InChI is InChI=1S/C13H14FNO/c14-10-1-2-11-9(8-16-12(11)7-10)3-4-13(15)5-6-13/h1-2,7-8H,3-6,15H2. The molecule has 0 aliphatic heterocycles. The van der Waals surface area contributed by atoms with Crippen molar-refractivity contribution in [2.75, 3.05) is 0 Å². The van der Waals surface area contributed by atoms with Crippen LogP contribution in [0.2, 0.25) is 0 Å². The molecule has 1 fully saturated rings. The Morgan fingerprint density at radius 3 is 2.94 bits per heavy atom. The zero-order valence-electron chi connectivity index (χ0n) is 9.00. The highest BCUT2D eigenvalue weighted by atomic mass is 19.1. The molecule has 1 aliphatic rings. The minimum Gasteiger partial charge on any atom is -0.464 e. The van der Waals surface area contributed by atoms with Gasteiger partial charge < -0.3 is 10.2 Å². The van der Waals surface area contributed by atoms with Gasteiger partial charge in [-0.1, -0.05) is 0 Å². The van der Waals surface area contributed by atoms with Crippen LogP contribution in [0.3, 0.4) is 0 Å². The molecule has 0 amide bonds. The third kappa shape index (κ3) is 1.71. The fourth-order valence-corrected chi connectivity index (χ4v) is 2.04. The molecular formula is C13H14FNO. The van der Waals surface area contributed by atoms with Gasteiger partial charge in [0.1, 0.15) is 11.4 Å². The number of halogens is 1. The summed E-state index contributed by atoms with van der Waals surface area (Å²) in [7, 11) is 0. The number of hydrogen-bond donors (Lipinski definition) is 1. The lowest BCUT2D eigenvalue weighted by Crippen LogP contribution is -2.21. The van der Waals surface area contributed by atoms with E-state index in [1.807, 2.05) is 0 Å². The molecule has 3 rings (SSSR count). The summed E-state index contributed by atoms with van der Waals surface area (Å²) >= 11 is 0. The van der Waals surface area contributed by atoms with E-state index in [2.05, 4.69) is 0 Å². The van der Waals surface area contributed by atoms with Gasteiger partial charge in [-0.05, 0) is 43.4 Å². The van der Waals surface area contributed by atoms with Crippen molar-refractivity contribution in [1.82, 2.24) is 0 Å². The molecule has 0 atom stereocenters. The predicted molar refractivity (Wildman–Crippen MR) is 60.6 cm³/mol. The molecule has 0 unspecified atom stereocenters. The van der Waals surface area contributed by atoms with Crippen molar-refractivity contribution in [1.29, 1.82) is 0 Å². The van der Waals surface area contributed by atoms with E-state index >= 15 is 0 Å². The van der Waals surface area contributed by atoms with E-state index in [0.717, 1.165) is 36.6 Å². The van der Waals surface area contributed by atoms with Gasteiger partial charge in [0, 0.05) is 17.0 Å². The Hall–Kier alpha value is -1.35. The van der Waals surface area contributed by atoms with Gasteiger partial charge in [-0.3, -0.25) is 0 Å². The molecule has 1 aliphatic carbocycles. The van der Waals surface area contributed by atoms with Crippen LogP contribution in [-0.4, -0.2) is 5.54 Å². The molecule has 2 aromatic rings. The first kappa shape index (κ1) is 9.85. The van der Waals surface area contributed by atoms with E-state index in [1.165, 1.54) is 12.1 Å². The molecule has 0 spiro atoms. The van der Waals surface area contributed by atoms with E-state index in [0.29, 0.717) is 5.58 Å². The van der Waals surface area contributed by atoms with Gasteiger partial charge in [0.2, 0.25) is 0 Å². The highest BCUT2D eigenvalue weighted by molar-refractivity contribution is 5.80. The first-order chi connectivity index (χ1) is 7.66. The molecule has 1 aromatic carbocycles. The fourth-order valence-electron chi connectivity index (χ4n) is 2.04. The normalized spacial score (nSPS) is 17.9. The first-order valence-corrected chi connectivity index (χ1v) is 5.61. The summed E-state index contributed by atoms with van der Waals surface area (Å²) in [4.78, 5) is 0. The maximum atomic E-state index is 13.0. The fraction of sp³-hybridized carbons (Fsp3) is 0.385. The monoisotopic (exact) mass is 219 g/mol. The molecule has 0 radical (unpaired) electrons. The van der Waals surface area contributed by atoms with Gasteiger partial charge in [0.25, 0.3) is 0 Å². The molecule has 16 heavy (non-hydrogen) atoms. The molecule has 84 valence electrons. The second-order valence-corrected chi connectivity index (χ2v) is 4.76. The molecule has 1 aromatic heterocycles. The molecule has 3 heteroatoms. The van der Waals surface area contributed by atoms with Crippen molar-refractivity contribution in [3.05, 3.63) is 35.8 Å². The van der Waals surface area contributed by atoms with Gasteiger partial charge in [0.15, 0.2) is 0 Å². The molecule has 1 saturated carbocycles. The van der Waals surface area contributed by atoms with E-state index in [-0.39, 0.29) is 11.4 Å². The molecule has 2 nitrogen and oxygen atoms in total. The zero-order chi connectivity index (χ0) is 11.2. The van der Waals surface area contributed by atoms with Crippen molar-refractivity contribution in [2.45, 2.75) is 31.2 Å². The van der Waals surface area contributed by atoms with Crippen LogP contribution < -0.4 is 5.73 Å². The summed E-state index contributed by atoms with van der Waals surface area (Å²) < 4.78 is 18.3. The number of fused-ring (bicyclic) bond motifs is 1. The Balaban J connectivity index is 1.86. The number of rotatable bonds is 3. The topological polar surface area (TPSA) is 39.2 Å². The summed E-state index contributed by atoms with van der Waals surface area (Å²) in [6.07, 6.45) is 5.86. The van der Waals surface area contributed by atoms with Gasteiger partial charge in [-0.2, -0.15) is 0 Å². The maximum Gasteiger partial charge on any atom is 0.137 e. The quantitative estimate of drug-likeness (QED) is 0.861. The second-order valence-electron chi connectivity index (χ2n) is 4.76. The minimum atomic E-state index is -0.258. The molecule has 0 saturated heterocycles. The highest BCUT2D eigenvalue weighted by Gasteiger charge is 2.37. The average Bonchev–Trinajstić information content (AvgIpc) is 2.87. The van der Waals surface area contributed by atoms with E-state index in [1.54, 1.807) is 12.3 Å². The third-order valence-corrected chi connectivity index (χ3v) is 3.40. The van der Waals surface area contributed by atoms with E-state index in [4.69, 9.17) is 10.2 Å². The zero-order valence-corrected chi connectivity index (χ0v) is 9.00. The average molecular weight is 219 g/mol. The lowest BCUT2D eigenvalue weighted by Gasteiger charge is -2.06. The van der Waals surface area contributed by atoms with Crippen molar-refractivity contribution >= 4 is 11.0 Å². The van der Waals surface area contributed by atoms with Crippen LogP contribution in [0.5, 0.6) is 0 Å².